The summed E-state index contributed by atoms with van der Waals surface area (Å²) < 4.78 is 6.16. The van der Waals surface area contributed by atoms with Gasteiger partial charge >= 0.3 is 0 Å². The average molecular weight is 304 g/mol. The standard InChI is InChI=1S/C20H17OP/c1-14-8-10-17-19(12-14)22(16-6-4-3-5-7-16)20-13-15(2)9-11-18(20)21-17/h3-13H,1-2H3. The van der Waals surface area contributed by atoms with E-state index >= 15 is 0 Å². The van der Waals surface area contributed by atoms with Crippen LogP contribution in [0.5, 0.6) is 11.5 Å². The van der Waals surface area contributed by atoms with Gasteiger partial charge in [0.2, 0.25) is 0 Å². The second-order valence-electron chi connectivity index (χ2n) is 5.72. The number of hydrogen-bond acceptors (Lipinski definition) is 1. The van der Waals surface area contributed by atoms with Crippen molar-refractivity contribution in [3.05, 3.63) is 77.9 Å². The number of hydrogen-bond donors (Lipinski definition) is 0. The van der Waals surface area contributed by atoms with Gasteiger partial charge in [-0.15, -0.1) is 0 Å². The van der Waals surface area contributed by atoms with E-state index in [2.05, 4.69) is 80.6 Å². The SMILES string of the molecule is Cc1ccc2c(c1)P(c1ccccc1)c1cc(C)ccc1O2. The van der Waals surface area contributed by atoms with Crippen molar-refractivity contribution in [3.8, 4) is 11.5 Å². The summed E-state index contributed by atoms with van der Waals surface area (Å²) in [5, 5.41) is 4.01. The first-order valence-electron chi connectivity index (χ1n) is 7.47. The fourth-order valence-electron chi connectivity index (χ4n) is 2.88. The summed E-state index contributed by atoms with van der Waals surface area (Å²) in [5.41, 5.74) is 2.56. The van der Waals surface area contributed by atoms with Crippen LogP contribution in [0, 0.1) is 13.8 Å². The molecule has 0 aliphatic carbocycles. The van der Waals surface area contributed by atoms with Gasteiger partial charge in [0.25, 0.3) is 0 Å². The predicted molar refractivity (Wildman–Crippen MR) is 94.7 cm³/mol. The zero-order chi connectivity index (χ0) is 15.1. The van der Waals surface area contributed by atoms with Gasteiger partial charge in [0.05, 0.1) is 0 Å². The van der Waals surface area contributed by atoms with E-state index in [9.17, 15) is 0 Å². The summed E-state index contributed by atoms with van der Waals surface area (Å²) in [6, 6.07) is 23.8. The summed E-state index contributed by atoms with van der Waals surface area (Å²) >= 11 is 0. The number of rotatable bonds is 1. The van der Waals surface area contributed by atoms with Crippen molar-refractivity contribution < 1.29 is 4.74 Å². The Hall–Kier alpha value is -2.11. The molecule has 0 saturated carbocycles. The minimum atomic E-state index is -0.556. The predicted octanol–water partition coefficient (Wildman–Crippen LogP) is 4.17. The molecule has 0 radical (unpaired) electrons. The first-order valence-corrected chi connectivity index (χ1v) is 8.81. The van der Waals surface area contributed by atoms with Crippen LogP contribution in [0.4, 0.5) is 0 Å². The van der Waals surface area contributed by atoms with Gasteiger partial charge in [-0.2, -0.15) is 0 Å². The van der Waals surface area contributed by atoms with E-state index in [-0.39, 0.29) is 0 Å². The van der Waals surface area contributed by atoms with E-state index in [0.29, 0.717) is 0 Å². The normalized spacial score (nSPS) is 13.2. The highest BCUT2D eigenvalue weighted by Crippen LogP contribution is 2.44. The van der Waals surface area contributed by atoms with Gasteiger partial charge in [-0.25, -0.2) is 0 Å². The molecule has 1 aliphatic rings. The van der Waals surface area contributed by atoms with Crippen molar-refractivity contribution >= 4 is 23.8 Å². The maximum Gasteiger partial charge on any atom is 0.135 e. The molecule has 0 aromatic heterocycles. The Morgan fingerprint density at radius 3 is 1.77 bits per heavy atom. The molecule has 1 heterocycles. The topological polar surface area (TPSA) is 9.23 Å². The van der Waals surface area contributed by atoms with Crippen LogP contribution in [0.1, 0.15) is 11.1 Å². The van der Waals surface area contributed by atoms with Crippen molar-refractivity contribution in [3.63, 3.8) is 0 Å². The van der Waals surface area contributed by atoms with E-state index in [1.807, 2.05) is 0 Å². The highest BCUT2D eigenvalue weighted by atomic mass is 31.1. The molecule has 0 bridgehead atoms. The summed E-state index contributed by atoms with van der Waals surface area (Å²) in [6.07, 6.45) is 0. The summed E-state index contributed by atoms with van der Waals surface area (Å²) in [4.78, 5) is 0. The number of benzene rings is 3. The lowest BCUT2D eigenvalue weighted by Crippen LogP contribution is -2.27. The van der Waals surface area contributed by atoms with Crippen LogP contribution in [-0.4, -0.2) is 0 Å². The Labute approximate surface area is 132 Å². The Kier molecular flexibility index (Phi) is 3.24. The summed E-state index contributed by atoms with van der Waals surface area (Å²) in [6.45, 7) is 4.29. The molecule has 108 valence electrons. The second kappa shape index (κ2) is 5.26. The van der Waals surface area contributed by atoms with E-state index in [1.54, 1.807) is 0 Å². The molecule has 0 fully saturated rings. The Bertz CT molecular complexity index is 788. The Balaban J connectivity index is 1.99. The zero-order valence-electron chi connectivity index (χ0n) is 12.7. The lowest BCUT2D eigenvalue weighted by Gasteiger charge is -2.29. The summed E-state index contributed by atoms with van der Waals surface area (Å²) in [5.74, 6) is 1.99. The molecule has 0 unspecified atom stereocenters. The van der Waals surface area contributed by atoms with Gasteiger partial charge in [-0.3, -0.25) is 0 Å². The lowest BCUT2D eigenvalue weighted by molar-refractivity contribution is 0.488. The van der Waals surface area contributed by atoms with Crippen LogP contribution >= 0.6 is 7.92 Å². The van der Waals surface area contributed by atoms with Crippen LogP contribution in [0.15, 0.2) is 66.7 Å². The Morgan fingerprint density at radius 2 is 1.23 bits per heavy atom. The molecule has 4 rings (SSSR count). The van der Waals surface area contributed by atoms with Gasteiger partial charge in [-0.05, 0) is 51.3 Å². The molecule has 0 atom stereocenters. The third-order valence-corrected chi connectivity index (χ3v) is 6.42. The highest BCUT2D eigenvalue weighted by Gasteiger charge is 2.28. The van der Waals surface area contributed by atoms with Gasteiger partial charge in [-0.1, -0.05) is 53.6 Å². The summed E-state index contributed by atoms with van der Waals surface area (Å²) in [7, 11) is -0.556. The molecule has 0 saturated heterocycles. The van der Waals surface area contributed by atoms with Crippen molar-refractivity contribution in [2.45, 2.75) is 13.8 Å². The fraction of sp³-hybridized carbons (Fsp3) is 0.100. The first-order chi connectivity index (χ1) is 10.7. The maximum absolute atomic E-state index is 6.16. The van der Waals surface area contributed by atoms with Crippen molar-refractivity contribution in [2.24, 2.45) is 0 Å². The van der Waals surface area contributed by atoms with Crippen LogP contribution in [0.25, 0.3) is 0 Å². The average Bonchev–Trinajstić information content (AvgIpc) is 2.54. The molecule has 22 heavy (non-hydrogen) atoms. The van der Waals surface area contributed by atoms with Gasteiger partial charge in [0.1, 0.15) is 11.5 Å². The van der Waals surface area contributed by atoms with Crippen LogP contribution in [0.2, 0.25) is 0 Å². The van der Waals surface area contributed by atoms with Gasteiger partial charge in [0.15, 0.2) is 0 Å². The number of ether oxygens (including phenoxy) is 1. The van der Waals surface area contributed by atoms with Gasteiger partial charge < -0.3 is 4.74 Å². The maximum atomic E-state index is 6.16. The third-order valence-electron chi connectivity index (χ3n) is 3.94. The molecule has 0 N–H and O–H groups in total. The quantitative estimate of drug-likeness (QED) is 0.480. The molecule has 0 amide bonds. The molecule has 3 aromatic rings. The minimum absolute atomic E-state index is 0.556. The zero-order valence-corrected chi connectivity index (χ0v) is 13.6. The molecule has 1 nitrogen and oxygen atoms in total. The van der Waals surface area contributed by atoms with Gasteiger partial charge in [0, 0.05) is 10.6 Å². The van der Waals surface area contributed by atoms with Crippen LogP contribution < -0.4 is 20.7 Å². The molecular weight excluding hydrogens is 287 g/mol. The molecular formula is C20H17OP. The molecule has 3 aromatic carbocycles. The largest absolute Gasteiger partial charge is 0.456 e. The van der Waals surface area contributed by atoms with Crippen molar-refractivity contribution in [1.82, 2.24) is 0 Å². The van der Waals surface area contributed by atoms with Crippen molar-refractivity contribution in [2.75, 3.05) is 0 Å². The Morgan fingerprint density at radius 1 is 0.682 bits per heavy atom. The van der Waals surface area contributed by atoms with E-state index in [4.69, 9.17) is 4.74 Å². The fourth-order valence-corrected chi connectivity index (χ4v) is 5.51. The number of fused-ring (bicyclic) bond motifs is 2. The molecule has 0 spiro atoms. The highest BCUT2D eigenvalue weighted by molar-refractivity contribution is 7.80. The number of aryl methyl sites for hydroxylation is 2. The minimum Gasteiger partial charge on any atom is -0.456 e. The first kappa shape index (κ1) is 13.5. The van der Waals surface area contributed by atoms with Crippen molar-refractivity contribution in [1.29, 1.82) is 0 Å². The van der Waals surface area contributed by atoms with E-state index < -0.39 is 7.92 Å². The lowest BCUT2D eigenvalue weighted by atomic mass is 10.2. The smallest absolute Gasteiger partial charge is 0.135 e. The third kappa shape index (κ3) is 2.23. The van der Waals surface area contributed by atoms with Crippen LogP contribution in [0.3, 0.4) is 0 Å². The van der Waals surface area contributed by atoms with E-state index in [1.165, 1.54) is 27.0 Å². The van der Waals surface area contributed by atoms with Crippen LogP contribution in [-0.2, 0) is 0 Å². The monoisotopic (exact) mass is 304 g/mol. The molecule has 2 heteroatoms. The molecule has 1 aliphatic heterocycles. The second-order valence-corrected chi connectivity index (χ2v) is 7.87. The van der Waals surface area contributed by atoms with E-state index in [0.717, 1.165) is 11.5 Å².